The van der Waals surface area contributed by atoms with Gasteiger partial charge in [-0.15, -0.1) is 15.3 Å². The molecular formula is C20H17FN6O2S. The molecule has 2 aromatic carbocycles. The van der Waals surface area contributed by atoms with Gasteiger partial charge in [0.2, 0.25) is 5.89 Å². The summed E-state index contributed by atoms with van der Waals surface area (Å²) in [6, 6.07) is 13.4. The molecule has 4 rings (SSSR count). The number of benzene rings is 2. The second-order valence-corrected chi connectivity index (χ2v) is 7.16. The minimum Gasteiger partial charge on any atom is -0.414 e. The van der Waals surface area contributed by atoms with E-state index in [9.17, 15) is 9.18 Å². The van der Waals surface area contributed by atoms with E-state index in [1.807, 2.05) is 37.4 Å². The van der Waals surface area contributed by atoms with E-state index in [2.05, 4.69) is 20.4 Å². The first-order valence-electron chi connectivity index (χ1n) is 8.96. The first-order chi connectivity index (χ1) is 14.5. The molecule has 0 N–H and O–H groups in total. The van der Waals surface area contributed by atoms with Crippen molar-refractivity contribution in [3.05, 3.63) is 81.9 Å². The molecule has 8 nitrogen and oxygen atoms in total. The van der Waals surface area contributed by atoms with Crippen molar-refractivity contribution in [2.75, 3.05) is 6.26 Å². The summed E-state index contributed by atoms with van der Waals surface area (Å²) in [4.78, 5) is 13.0. The van der Waals surface area contributed by atoms with Crippen LogP contribution in [0.15, 0.2) is 68.1 Å². The Morgan fingerprint density at radius 1 is 1.13 bits per heavy atom. The summed E-state index contributed by atoms with van der Waals surface area (Å²) in [5.41, 5.74) is 1.99. The summed E-state index contributed by atoms with van der Waals surface area (Å²) < 4.78 is 21.0. The third kappa shape index (κ3) is 4.23. The van der Waals surface area contributed by atoms with Crippen LogP contribution in [0.1, 0.15) is 17.0 Å². The topological polar surface area (TPSA) is 91.1 Å². The Balaban J connectivity index is 1.75. The minimum atomic E-state index is -0.465. The molecule has 0 bridgehead atoms. The molecule has 0 aliphatic heterocycles. The van der Waals surface area contributed by atoms with Gasteiger partial charge in [0.1, 0.15) is 12.4 Å². The standard InChI is InChI=1S/C20H17FN6O2S/c1-13-3-7-15(8-4-13)18-25-26(12-17-23-24-19(29-17)30-2)20(28)27(18)22-11-14-5-9-16(21)10-6-14/h3-11H,12H2,1-2H3. The van der Waals surface area contributed by atoms with E-state index in [1.54, 1.807) is 12.1 Å². The predicted octanol–water partition coefficient (Wildman–Crippen LogP) is 3.19. The minimum absolute atomic E-state index is 0.0182. The van der Waals surface area contributed by atoms with Gasteiger partial charge in [0.25, 0.3) is 5.22 Å². The number of thioether (sulfide) groups is 1. The number of halogens is 1. The summed E-state index contributed by atoms with van der Waals surface area (Å²) in [5, 5.41) is 16.9. The molecule has 2 heterocycles. The first-order valence-corrected chi connectivity index (χ1v) is 10.2. The van der Waals surface area contributed by atoms with Gasteiger partial charge in [-0.1, -0.05) is 53.7 Å². The maximum atomic E-state index is 13.1. The summed E-state index contributed by atoms with van der Waals surface area (Å²) in [7, 11) is 0. The van der Waals surface area contributed by atoms with Gasteiger partial charge in [-0.25, -0.2) is 13.9 Å². The summed E-state index contributed by atoms with van der Waals surface area (Å²) in [6.07, 6.45) is 3.29. The lowest BCUT2D eigenvalue weighted by Crippen LogP contribution is -2.23. The normalized spacial score (nSPS) is 11.4. The monoisotopic (exact) mass is 424 g/mol. The van der Waals surface area contributed by atoms with Crippen LogP contribution in [-0.2, 0) is 6.54 Å². The molecule has 0 unspecified atom stereocenters. The third-order valence-electron chi connectivity index (χ3n) is 4.23. The molecule has 0 atom stereocenters. The van der Waals surface area contributed by atoms with Crippen LogP contribution in [0.4, 0.5) is 4.39 Å². The van der Waals surface area contributed by atoms with E-state index in [1.165, 1.54) is 39.5 Å². The first kappa shape index (κ1) is 19.8. The second kappa shape index (κ2) is 8.46. The van der Waals surface area contributed by atoms with Crippen molar-refractivity contribution >= 4 is 18.0 Å². The largest absolute Gasteiger partial charge is 0.414 e. The van der Waals surface area contributed by atoms with Gasteiger partial charge in [0, 0.05) is 5.56 Å². The Morgan fingerprint density at radius 2 is 1.87 bits per heavy atom. The van der Waals surface area contributed by atoms with Crippen molar-refractivity contribution in [3.8, 4) is 11.4 Å². The number of nitrogens with zero attached hydrogens (tertiary/aromatic N) is 6. The molecular weight excluding hydrogens is 407 g/mol. The molecule has 0 saturated heterocycles. The maximum Gasteiger partial charge on any atom is 0.367 e. The molecule has 0 aliphatic carbocycles. The Morgan fingerprint density at radius 3 is 2.53 bits per heavy atom. The average Bonchev–Trinajstić information content (AvgIpc) is 3.33. The van der Waals surface area contributed by atoms with Gasteiger partial charge in [-0.3, -0.25) is 0 Å². The number of rotatable bonds is 6. The zero-order valence-corrected chi connectivity index (χ0v) is 17.0. The number of aromatic nitrogens is 5. The molecule has 0 amide bonds. The van der Waals surface area contributed by atoms with E-state index >= 15 is 0 Å². The molecule has 152 valence electrons. The Bertz CT molecular complexity index is 1240. The van der Waals surface area contributed by atoms with Crippen molar-refractivity contribution in [2.24, 2.45) is 5.10 Å². The highest BCUT2D eigenvalue weighted by molar-refractivity contribution is 7.98. The maximum absolute atomic E-state index is 13.1. The van der Waals surface area contributed by atoms with Crippen molar-refractivity contribution in [1.82, 2.24) is 24.7 Å². The third-order valence-corrected chi connectivity index (χ3v) is 4.74. The van der Waals surface area contributed by atoms with Crippen molar-refractivity contribution in [2.45, 2.75) is 18.7 Å². The van der Waals surface area contributed by atoms with Gasteiger partial charge in [-0.2, -0.15) is 9.78 Å². The molecule has 10 heteroatoms. The highest BCUT2D eigenvalue weighted by Crippen LogP contribution is 2.17. The summed E-state index contributed by atoms with van der Waals surface area (Å²) >= 11 is 1.31. The molecule has 2 aromatic heterocycles. The molecule has 30 heavy (non-hydrogen) atoms. The lowest BCUT2D eigenvalue weighted by Gasteiger charge is -2.00. The quantitative estimate of drug-likeness (QED) is 0.349. The number of hydrogen-bond acceptors (Lipinski definition) is 7. The fourth-order valence-corrected chi connectivity index (χ4v) is 2.98. The van der Waals surface area contributed by atoms with Crippen LogP contribution in [0.25, 0.3) is 11.4 Å². The van der Waals surface area contributed by atoms with E-state index in [0.29, 0.717) is 16.6 Å². The Labute approximate surface area is 175 Å². The second-order valence-electron chi connectivity index (χ2n) is 6.40. The van der Waals surface area contributed by atoms with Crippen LogP contribution in [0.3, 0.4) is 0 Å². The van der Waals surface area contributed by atoms with Crippen LogP contribution < -0.4 is 5.69 Å². The highest BCUT2D eigenvalue weighted by atomic mass is 32.2. The van der Waals surface area contributed by atoms with Gasteiger partial charge in [-0.05, 0) is 30.9 Å². The van der Waals surface area contributed by atoms with Crippen LogP contribution in [0.5, 0.6) is 0 Å². The molecule has 0 spiro atoms. The smallest absolute Gasteiger partial charge is 0.367 e. The Kier molecular flexibility index (Phi) is 5.57. The van der Waals surface area contributed by atoms with E-state index < -0.39 is 5.69 Å². The van der Waals surface area contributed by atoms with Crippen molar-refractivity contribution in [3.63, 3.8) is 0 Å². The van der Waals surface area contributed by atoms with Gasteiger partial charge < -0.3 is 4.42 Å². The van der Waals surface area contributed by atoms with Crippen LogP contribution in [0.2, 0.25) is 0 Å². The summed E-state index contributed by atoms with van der Waals surface area (Å²) in [5.74, 6) is 0.286. The zero-order chi connectivity index (χ0) is 21.1. The fraction of sp³-hybridized carbons (Fsp3) is 0.150. The van der Waals surface area contributed by atoms with E-state index in [-0.39, 0.29) is 18.3 Å². The zero-order valence-electron chi connectivity index (χ0n) is 16.2. The molecule has 0 saturated carbocycles. The lowest BCUT2D eigenvalue weighted by molar-refractivity contribution is 0.395. The predicted molar refractivity (Wildman–Crippen MR) is 111 cm³/mol. The van der Waals surface area contributed by atoms with Crippen molar-refractivity contribution < 1.29 is 8.81 Å². The average molecular weight is 424 g/mol. The summed E-state index contributed by atoms with van der Waals surface area (Å²) in [6.45, 7) is 1.99. The molecule has 0 fully saturated rings. The van der Waals surface area contributed by atoms with Crippen LogP contribution in [0, 0.1) is 12.7 Å². The number of aryl methyl sites for hydroxylation is 1. The van der Waals surface area contributed by atoms with Gasteiger partial charge in [0.05, 0.1) is 6.21 Å². The molecule has 0 radical (unpaired) electrons. The molecule has 0 aliphatic rings. The fourth-order valence-electron chi connectivity index (χ4n) is 2.68. The van der Waals surface area contributed by atoms with E-state index in [0.717, 1.165) is 11.1 Å². The van der Waals surface area contributed by atoms with Crippen LogP contribution in [-0.4, -0.2) is 37.1 Å². The van der Waals surface area contributed by atoms with Crippen molar-refractivity contribution in [1.29, 1.82) is 0 Å². The highest BCUT2D eigenvalue weighted by Gasteiger charge is 2.17. The number of hydrogen-bond donors (Lipinski definition) is 0. The van der Waals surface area contributed by atoms with Gasteiger partial charge >= 0.3 is 5.69 Å². The molecule has 4 aromatic rings. The SMILES string of the molecule is CSc1nnc(Cn2nc(-c3ccc(C)cc3)n(N=Cc3ccc(F)cc3)c2=O)o1. The van der Waals surface area contributed by atoms with Crippen LogP contribution >= 0.6 is 11.8 Å². The Hall–Kier alpha value is -3.53. The lowest BCUT2D eigenvalue weighted by atomic mass is 10.1. The van der Waals surface area contributed by atoms with E-state index in [4.69, 9.17) is 4.42 Å². The van der Waals surface area contributed by atoms with Gasteiger partial charge in [0.15, 0.2) is 5.82 Å².